The van der Waals surface area contributed by atoms with E-state index in [4.69, 9.17) is 17.0 Å². The zero-order valence-electron chi connectivity index (χ0n) is 9.87. The average Bonchev–Trinajstić information content (AvgIpc) is 2.40. The Bertz CT molecular complexity index is 506. The molecule has 0 aliphatic carbocycles. The van der Waals surface area contributed by atoms with Crippen molar-refractivity contribution in [2.75, 3.05) is 6.61 Å². The highest BCUT2D eigenvalue weighted by Crippen LogP contribution is 2.11. The highest BCUT2D eigenvalue weighted by atomic mass is 32.1. The van der Waals surface area contributed by atoms with E-state index in [0.29, 0.717) is 11.7 Å². The van der Waals surface area contributed by atoms with Crippen LogP contribution in [0.15, 0.2) is 54.6 Å². The van der Waals surface area contributed by atoms with Crippen molar-refractivity contribution in [1.29, 1.82) is 0 Å². The van der Waals surface area contributed by atoms with Gasteiger partial charge in [0.15, 0.2) is 5.05 Å². The second-order valence-electron chi connectivity index (χ2n) is 3.92. The summed E-state index contributed by atoms with van der Waals surface area (Å²) in [5, 5.41) is 9.64. The minimum absolute atomic E-state index is 0.228. The monoisotopic (exact) mass is 258 g/mol. The predicted molar refractivity (Wildman–Crippen MR) is 75.9 cm³/mol. The largest absolute Gasteiger partial charge is 0.508 e. The Hall–Kier alpha value is -1.87. The van der Waals surface area contributed by atoms with Gasteiger partial charge in [0.2, 0.25) is 0 Å². The van der Waals surface area contributed by atoms with E-state index in [1.165, 1.54) is 5.56 Å². The van der Waals surface area contributed by atoms with Gasteiger partial charge in [0.1, 0.15) is 5.75 Å². The van der Waals surface area contributed by atoms with Gasteiger partial charge < -0.3 is 9.84 Å². The fourth-order valence-corrected chi connectivity index (χ4v) is 1.81. The quantitative estimate of drug-likeness (QED) is 0.853. The number of phenolic OH excluding ortho intramolecular Hbond substituents is 1. The first-order valence-electron chi connectivity index (χ1n) is 5.76. The lowest BCUT2D eigenvalue weighted by molar-refractivity contribution is 0.318. The number of hydrogen-bond donors (Lipinski definition) is 1. The topological polar surface area (TPSA) is 29.5 Å². The van der Waals surface area contributed by atoms with Crippen LogP contribution in [0.5, 0.6) is 5.75 Å². The van der Waals surface area contributed by atoms with Crippen LogP contribution in [-0.2, 0) is 11.2 Å². The number of hydrogen-bond acceptors (Lipinski definition) is 3. The summed E-state index contributed by atoms with van der Waals surface area (Å²) in [6.07, 6.45) is 0.832. The van der Waals surface area contributed by atoms with Gasteiger partial charge in [-0.25, -0.2) is 0 Å². The standard InChI is InChI=1S/C15H14O2S/c16-14-8-6-13(7-9-14)15(18)17-11-10-12-4-2-1-3-5-12/h1-9,16H,10-11H2. The van der Waals surface area contributed by atoms with Crippen molar-refractivity contribution in [2.45, 2.75) is 6.42 Å². The van der Waals surface area contributed by atoms with Crippen molar-refractivity contribution in [2.24, 2.45) is 0 Å². The van der Waals surface area contributed by atoms with E-state index < -0.39 is 0 Å². The molecule has 0 aromatic heterocycles. The van der Waals surface area contributed by atoms with E-state index in [9.17, 15) is 5.11 Å². The van der Waals surface area contributed by atoms with Gasteiger partial charge in [-0.05, 0) is 42.0 Å². The van der Waals surface area contributed by atoms with E-state index >= 15 is 0 Å². The van der Waals surface area contributed by atoms with Gasteiger partial charge in [0.25, 0.3) is 0 Å². The van der Waals surface area contributed by atoms with Crippen molar-refractivity contribution >= 4 is 17.3 Å². The van der Waals surface area contributed by atoms with Crippen LogP contribution in [0, 0.1) is 0 Å². The van der Waals surface area contributed by atoms with Crippen molar-refractivity contribution in [3.63, 3.8) is 0 Å². The van der Waals surface area contributed by atoms with E-state index in [1.807, 2.05) is 18.2 Å². The summed E-state index contributed by atoms with van der Waals surface area (Å²) in [4.78, 5) is 0. The Morgan fingerprint density at radius 3 is 2.33 bits per heavy atom. The minimum Gasteiger partial charge on any atom is -0.508 e. The second-order valence-corrected chi connectivity index (χ2v) is 4.29. The number of phenols is 1. The summed E-state index contributed by atoms with van der Waals surface area (Å²) in [5.74, 6) is 0.228. The van der Waals surface area contributed by atoms with Gasteiger partial charge in [0.05, 0.1) is 6.61 Å². The third-order valence-corrected chi connectivity index (χ3v) is 2.92. The van der Waals surface area contributed by atoms with Gasteiger partial charge in [-0.2, -0.15) is 0 Å². The summed E-state index contributed by atoms with van der Waals surface area (Å²) in [7, 11) is 0. The van der Waals surface area contributed by atoms with Gasteiger partial charge in [-0.3, -0.25) is 0 Å². The number of benzene rings is 2. The van der Waals surface area contributed by atoms with E-state index in [2.05, 4.69) is 12.1 Å². The first kappa shape index (κ1) is 12.6. The lowest BCUT2D eigenvalue weighted by Crippen LogP contribution is -2.06. The van der Waals surface area contributed by atoms with Crippen molar-refractivity contribution in [1.82, 2.24) is 0 Å². The van der Waals surface area contributed by atoms with Gasteiger partial charge in [-0.1, -0.05) is 30.3 Å². The van der Waals surface area contributed by atoms with E-state index in [0.717, 1.165) is 12.0 Å². The molecule has 0 spiro atoms. The molecule has 0 atom stereocenters. The molecule has 0 heterocycles. The smallest absolute Gasteiger partial charge is 0.191 e. The third kappa shape index (κ3) is 3.57. The van der Waals surface area contributed by atoms with Crippen LogP contribution in [0.25, 0.3) is 0 Å². The molecule has 2 rings (SSSR count). The Morgan fingerprint density at radius 1 is 1.00 bits per heavy atom. The van der Waals surface area contributed by atoms with Crippen LogP contribution in [0.4, 0.5) is 0 Å². The number of ether oxygens (including phenoxy) is 1. The van der Waals surface area contributed by atoms with Crippen LogP contribution in [-0.4, -0.2) is 16.8 Å². The first-order valence-corrected chi connectivity index (χ1v) is 6.16. The zero-order chi connectivity index (χ0) is 12.8. The molecule has 92 valence electrons. The molecule has 0 bridgehead atoms. The molecule has 2 aromatic rings. The van der Waals surface area contributed by atoms with Gasteiger partial charge in [0, 0.05) is 12.0 Å². The molecule has 2 nitrogen and oxygen atoms in total. The third-order valence-electron chi connectivity index (χ3n) is 2.57. The molecule has 0 aliphatic rings. The number of aromatic hydroxyl groups is 1. The van der Waals surface area contributed by atoms with Crippen LogP contribution in [0.2, 0.25) is 0 Å². The molecule has 18 heavy (non-hydrogen) atoms. The normalized spacial score (nSPS) is 10.0. The Kier molecular flexibility index (Phi) is 4.31. The maximum absolute atomic E-state index is 9.18. The van der Waals surface area contributed by atoms with Crippen molar-refractivity contribution < 1.29 is 9.84 Å². The molecule has 1 N–H and O–H groups in total. The van der Waals surface area contributed by atoms with E-state index in [1.54, 1.807) is 24.3 Å². The SMILES string of the molecule is Oc1ccc(C(=S)OCCc2ccccc2)cc1. The fraction of sp³-hybridized carbons (Fsp3) is 0.133. The molecule has 3 heteroatoms. The van der Waals surface area contributed by atoms with Gasteiger partial charge >= 0.3 is 0 Å². The molecule has 2 aromatic carbocycles. The maximum Gasteiger partial charge on any atom is 0.191 e. The molecule has 0 unspecified atom stereocenters. The highest BCUT2D eigenvalue weighted by molar-refractivity contribution is 7.80. The Morgan fingerprint density at radius 2 is 1.67 bits per heavy atom. The predicted octanol–water partition coefficient (Wildman–Crippen LogP) is 3.33. The molecule has 0 saturated heterocycles. The summed E-state index contributed by atoms with van der Waals surface area (Å²) in [6, 6.07) is 16.8. The van der Waals surface area contributed by atoms with Crippen molar-refractivity contribution in [3.05, 3.63) is 65.7 Å². The lowest BCUT2D eigenvalue weighted by atomic mass is 10.2. The highest BCUT2D eigenvalue weighted by Gasteiger charge is 2.02. The van der Waals surface area contributed by atoms with Crippen LogP contribution < -0.4 is 0 Å². The number of rotatable bonds is 4. The van der Waals surface area contributed by atoms with Crippen LogP contribution >= 0.6 is 12.2 Å². The van der Waals surface area contributed by atoms with Crippen LogP contribution in [0.3, 0.4) is 0 Å². The Balaban J connectivity index is 1.84. The lowest BCUT2D eigenvalue weighted by Gasteiger charge is -2.07. The van der Waals surface area contributed by atoms with Gasteiger partial charge in [-0.15, -0.1) is 0 Å². The molecular formula is C15H14O2S. The molecule has 0 aliphatic heterocycles. The number of thiocarbonyl (C=S) groups is 1. The molecule has 0 saturated carbocycles. The Labute approximate surface area is 112 Å². The van der Waals surface area contributed by atoms with E-state index in [-0.39, 0.29) is 5.75 Å². The zero-order valence-corrected chi connectivity index (χ0v) is 10.7. The fourth-order valence-electron chi connectivity index (χ4n) is 1.59. The average molecular weight is 258 g/mol. The maximum atomic E-state index is 9.18. The summed E-state index contributed by atoms with van der Waals surface area (Å²) >= 11 is 5.18. The summed E-state index contributed by atoms with van der Waals surface area (Å²) in [6.45, 7) is 0.559. The summed E-state index contributed by atoms with van der Waals surface area (Å²) in [5.41, 5.74) is 2.04. The molecule has 0 amide bonds. The van der Waals surface area contributed by atoms with Crippen molar-refractivity contribution in [3.8, 4) is 5.75 Å². The summed E-state index contributed by atoms with van der Waals surface area (Å²) < 4.78 is 5.52. The molecular weight excluding hydrogens is 244 g/mol. The van der Waals surface area contributed by atoms with Crippen LogP contribution in [0.1, 0.15) is 11.1 Å². The first-order chi connectivity index (χ1) is 8.75. The minimum atomic E-state index is 0.228. The molecule has 0 radical (unpaired) electrons. The second kappa shape index (κ2) is 6.17. The molecule has 0 fully saturated rings.